The molecule has 1 aliphatic heterocycles. The molecule has 5 heteroatoms. The monoisotopic (exact) mass is 369 g/mol. The highest BCUT2D eigenvalue weighted by atomic mass is 16.5. The maximum Gasteiger partial charge on any atom is 0.276 e. The van der Waals surface area contributed by atoms with E-state index in [9.17, 15) is 4.79 Å². The van der Waals surface area contributed by atoms with Gasteiger partial charge in [-0.25, -0.2) is 5.48 Å². The van der Waals surface area contributed by atoms with Gasteiger partial charge in [0.1, 0.15) is 0 Å². The topological polar surface area (TPSA) is 65.5 Å². The summed E-state index contributed by atoms with van der Waals surface area (Å²) in [7, 11) is 0. The highest BCUT2D eigenvalue weighted by Gasteiger charge is 2.54. The Balaban J connectivity index is 1.38. The van der Waals surface area contributed by atoms with Crippen molar-refractivity contribution in [1.29, 1.82) is 0 Å². The lowest BCUT2D eigenvalue weighted by Crippen LogP contribution is -2.57. The van der Waals surface area contributed by atoms with Crippen molar-refractivity contribution in [1.82, 2.24) is 15.4 Å². The first-order valence-electron chi connectivity index (χ1n) is 10.8. The summed E-state index contributed by atoms with van der Waals surface area (Å²) in [5.74, 6) is 2.48. The van der Waals surface area contributed by atoms with Gasteiger partial charge in [0, 0.05) is 25.3 Å². The van der Waals surface area contributed by atoms with E-state index >= 15 is 0 Å². The van der Waals surface area contributed by atoms with Gasteiger partial charge in [-0.2, -0.15) is 0 Å². The summed E-state index contributed by atoms with van der Waals surface area (Å²) in [4.78, 5) is 19.0. The van der Waals surface area contributed by atoms with Crippen LogP contribution in [0.15, 0.2) is 12.3 Å². The van der Waals surface area contributed by atoms with Crippen molar-refractivity contribution in [2.45, 2.75) is 70.9 Å². The summed E-state index contributed by atoms with van der Waals surface area (Å²) in [6.45, 7) is 4.33. The quantitative estimate of drug-likeness (QED) is 0.629. The van der Waals surface area contributed by atoms with Crippen LogP contribution in [0.1, 0.15) is 73.5 Å². The van der Waals surface area contributed by atoms with Crippen LogP contribution in [0.25, 0.3) is 0 Å². The Kier molecular flexibility index (Phi) is 4.28. The van der Waals surface area contributed by atoms with E-state index in [1.807, 2.05) is 6.07 Å². The molecule has 4 aliphatic carbocycles. The van der Waals surface area contributed by atoms with E-state index in [1.54, 1.807) is 11.7 Å². The van der Waals surface area contributed by atoms with Crippen molar-refractivity contribution in [2.75, 3.05) is 6.54 Å². The second-order valence-corrected chi connectivity index (χ2v) is 9.70. The lowest BCUT2D eigenvalue weighted by molar-refractivity contribution is -0.105. The molecule has 6 rings (SSSR count). The molecule has 1 amide bonds. The maximum atomic E-state index is 11.7. The molecule has 0 aromatic carbocycles. The van der Waals surface area contributed by atoms with Crippen LogP contribution in [-0.4, -0.2) is 33.6 Å². The molecule has 0 spiro atoms. The van der Waals surface area contributed by atoms with E-state index in [0.717, 1.165) is 48.5 Å². The van der Waals surface area contributed by atoms with E-state index in [0.29, 0.717) is 17.0 Å². The van der Waals surface area contributed by atoms with Crippen LogP contribution in [0, 0.1) is 23.2 Å². The molecule has 0 saturated heterocycles. The molecule has 2 N–H and O–H groups in total. The molecule has 1 atom stereocenters. The van der Waals surface area contributed by atoms with Gasteiger partial charge < -0.3 is 0 Å². The number of nitrogens with one attached hydrogen (secondary N) is 1. The molecular weight excluding hydrogens is 338 g/mol. The normalized spacial score (nSPS) is 35.7. The average molecular weight is 370 g/mol. The largest absolute Gasteiger partial charge is 0.294 e. The van der Waals surface area contributed by atoms with Crippen LogP contribution in [0.2, 0.25) is 0 Å². The van der Waals surface area contributed by atoms with Crippen LogP contribution in [0.3, 0.4) is 0 Å². The number of pyridine rings is 1. The Labute approximate surface area is 161 Å². The molecule has 4 saturated carbocycles. The summed E-state index contributed by atoms with van der Waals surface area (Å²) in [5, 5.41) is 8.86. The van der Waals surface area contributed by atoms with Crippen LogP contribution in [0.4, 0.5) is 0 Å². The van der Waals surface area contributed by atoms with Crippen LogP contribution < -0.4 is 5.48 Å². The molecule has 0 unspecified atom stereocenters. The summed E-state index contributed by atoms with van der Waals surface area (Å²) in [6, 6.07) is 2.57. The Hall–Kier alpha value is -1.46. The zero-order chi connectivity index (χ0) is 18.6. The van der Waals surface area contributed by atoms with E-state index < -0.39 is 5.91 Å². The van der Waals surface area contributed by atoms with E-state index in [1.165, 1.54) is 44.9 Å². The van der Waals surface area contributed by atoms with Gasteiger partial charge in [-0.05, 0) is 86.2 Å². The lowest BCUT2D eigenvalue weighted by atomic mass is 9.47. The van der Waals surface area contributed by atoms with Gasteiger partial charge in [-0.15, -0.1) is 0 Å². The molecule has 146 valence electrons. The lowest BCUT2D eigenvalue weighted by Gasteiger charge is -2.61. The van der Waals surface area contributed by atoms with Gasteiger partial charge in [0.25, 0.3) is 5.91 Å². The predicted molar refractivity (Wildman–Crippen MR) is 102 cm³/mol. The van der Waals surface area contributed by atoms with Crippen LogP contribution >= 0.6 is 0 Å². The van der Waals surface area contributed by atoms with Gasteiger partial charge in [0.05, 0.1) is 11.3 Å². The minimum Gasteiger partial charge on any atom is -0.294 e. The van der Waals surface area contributed by atoms with Gasteiger partial charge >= 0.3 is 0 Å². The summed E-state index contributed by atoms with van der Waals surface area (Å²) in [6.07, 6.45) is 12.6. The smallest absolute Gasteiger partial charge is 0.276 e. The molecule has 5 nitrogen and oxygen atoms in total. The van der Waals surface area contributed by atoms with Crippen LogP contribution in [0.5, 0.6) is 0 Å². The van der Waals surface area contributed by atoms with Gasteiger partial charge in [0.15, 0.2) is 0 Å². The number of amides is 1. The van der Waals surface area contributed by atoms with Crippen molar-refractivity contribution >= 4 is 5.91 Å². The van der Waals surface area contributed by atoms with Gasteiger partial charge in [-0.1, -0.05) is 6.92 Å². The fraction of sp³-hybridized carbons (Fsp3) is 0.727. The third kappa shape index (κ3) is 2.90. The number of carbonyl (C=O) groups excluding carboxylic acids is 1. The number of hydroxylamine groups is 1. The Morgan fingerprint density at radius 2 is 1.96 bits per heavy atom. The molecule has 5 aliphatic rings. The first kappa shape index (κ1) is 17.6. The van der Waals surface area contributed by atoms with Crippen molar-refractivity contribution in [3.8, 4) is 0 Å². The van der Waals surface area contributed by atoms with E-state index in [2.05, 4.69) is 16.8 Å². The average Bonchev–Trinajstić information content (AvgIpc) is 2.66. The standard InChI is InChI=1S/C22H31N3O2/c1-2-20(22-9-14-5-15(10-22)7-16(6-14)11-22)25-4-3-17-8-18(21(26)24-27)12-23-19(17)13-25/h8,12,14-16,20,27H,2-7,9-11,13H2,1H3,(H,24,26)/t14?,15?,16?,20-,22?/m0/s1. The predicted octanol–water partition coefficient (Wildman–Crippen LogP) is 3.55. The first-order valence-corrected chi connectivity index (χ1v) is 10.8. The highest BCUT2D eigenvalue weighted by Crippen LogP contribution is 2.62. The van der Waals surface area contributed by atoms with Gasteiger partial charge in [-0.3, -0.25) is 19.9 Å². The van der Waals surface area contributed by atoms with Crippen molar-refractivity contribution in [2.24, 2.45) is 23.2 Å². The fourth-order valence-electron chi connectivity index (χ4n) is 7.55. The maximum absolute atomic E-state index is 11.7. The molecule has 1 aromatic heterocycles. The van der Waals surface area contributed by atoms with E-state index in [4.69, 9.17) is 5.21 Å². The number of hydrogen-bond acceptors (Lipinski definition) is 4. The molecule has 4 bridgehead atoms. The van der Waals surface area contributed by atoms with Crippen LogP contribution in [-0.2, 0) is 13.0 Å². The van der Waals surface area contributed by atoms with Gasteiger partial charge in [0.2, 0.25) is 0 Å². The third-order valence-corrected chi connectivity index (χ3v) is 8.06. The zero-order valence-corrected chi connectivity index (χ0v) is 16.3. The first-order chi connectivity index (χ1) is 13.1. The molecule has 0 radical (unpaired) electrons. The minimum absolute atomic E-state index is 0.442. The van der Waals surface area contributed by atoms with Crippen molar-refractivity contribution in [3.05, 3.63) is 29.1 Å². The molecule has 27 heavy (non-hydrogen) atoms. The Morgan fingerprint density at radius 1 is 1.30 bits per heavy atom. The molecule has 1 aromatic rings. The van der Waals surface area contributed by atoms with Crippen molar-refractivity contribution in [3.63, 3.8) is 0 Å². The Morgan fingerprint density at radius 3 is 2.56 bits per heavy atom. The van der Waals surface area contributed by atoms with Crippen molar-refractivity contribution < 1.29 is 10.0 Å². The molecular formula is C22H31N3O2. The second-order valence-electron chi connectivity index (χ2n) is 9.70. The summed E-state index contributed by atoms with van der Waals surface area (Å²) < 4.78 is 0. The number of fused-ring (bicyclic) bond motifs is 1. The zero-order valence-electron chi connectivity index (χ0n) is 16.3. The summed E-state index contributed by atoms with van der Waals surface area (Å²) >= 11 is 0. The minimum atomic E-state index is -0.479. The highest BCUT2D eigenvalue weighted by molar-refractivity contribution is 5.93. The third-order valence-electron chi connectivity index (χ3n) is 8.06. The number of aromatic nitrogens is 1. The Bertz CT molecular complexity index is 712. The second kappa shape index (κ2) is 6.56. The number of nitrogens with zero attached hydrogens (tertiary/aromatic N) is 2. The number of rotatable bonds is 4. The molecule has 4 fully saturated rings. The fourth-order valence-corrected chi connectivity index (χ4v) is 7.55. The number of hydrogen-bond donors (Lipinski definition) is 2. The van der Waals surface area contributed by atoms with E-state index in [-0.39, 0.29) is 0 Å². The summed E-state index contributed by atoms with van der Waals surface area (Å²) in [5.41, 5.74) is 4.96. The number of carbonyl (C=O) groups is 1. The molecule has 2 heterocycles. The SMILES string of the molecule is CC[C@H](N1CCc2cc(C(=O)NO)cnc2C1)C12CC3CC(CC(C3)C1)C2.